The zero-order valence-corrected chi connectivity index (χ0v) is 22.6. The van der Waals surface area contributed by atoms with Gasteiger partial charge in [-0.15, -0.1) is 0 Å². The average Bonchev–Trinajstić information content (AvgIpc) is 2.80. The van der Waals surface area contributed by atoms with Gasteiger partial charge in [0.1, 0.15) is 5.82 Å². The Labute approximate surface area is 223 Å². The highest BCUT2D eigenvalue weighted by molar-refractivity contribution is 7.59. The predicted molar refractivity (Wildman–Crippen MR) is 144 cm³/mol. The molecule has 2 fully saturated rings. The number of hydrogen-bond donors (Lipinski definition) is 2. The molecule has 2 heterocycles. The van der Waals surface area contributed by atoms with Gasteiger partial charge in [-0.05, 0) is 55.7 Å². The van der Waals surface area contributed by atoms with Crippen molar-refractivity contribution in [2.45, 2.75) is 37.5 Å². The molecule has 2 aromatic rings. The molecule has 36 heavy (non-hydrogen) atoms. The van der Waals surface area contributed by atoms with Gasteiger partial charge >= 0.3 is 0 Å². The van der Waals surface area contributed by atoms with Crippen molar-refractivity contribution in [3.05, 3.63) is 64.4 Å². The number of piperidine rings is 1. The smallest absolute Gasteiger partial charge is 0.258 e. The van der Waals surface area contributed by atoms with Crippen LogP contribution in [0.4, 0.5) is 10.1 Å². The van der Waals surface area contributed by atoms with Crippen LogP contribution in [0.5, 0.6) is 0 Å². The number of halogens is 2. The van der Waals surface area contributed by atoms with Crippen molar-refractivity contribution in [3.8, 4) is 0 Å². The number of carbonyl (C=O) groups excluding carboxylic acids is 2. The molecular formula is C26H34ClFN4O3S. The fourth-order valence-electron chi connectivity index (χ4n) is 4.81. The van der Waals surface area contributed by atoms with Crippen LogP contribution in [-0.4, -0.2) is 84.0 Å². The van der Waals surface area contributed by atoms with Crippen LogP contribution in [-0.2, 0) is 10.4 Å². The quantitative estimate of drug-likeness (QED) is 0.592. The van der Waals surface area contributed by atoms with Crippen LogP contribution in [0.3, 0.4) is 0 Å². The normalized spacial score (nSPS) is 18.6. The van der Waals surface area contributed by atoms with Crippen molar-refractivity contribution in [1.29, 1.82) is 0 Å². The largest absolute Gasteiger partial charge is 0.380 e. The monoisotopic (exact) mass is 536 g/mol. The van der Waals surface area contributed by atoms with Gasteiger partial charge in [0, 0.05) is 52.0 Å². The number of amides is 2. The van der Waals surface area contributed by atoms with Crippen molar-refractivity contribution in [2.75, 3.05) is 45.6 Å². The second-order valence-corrected chi connectivity index (χ2v) is 10.2. The molecule has 10 heteroatoms. The number of hydrogen-bond acceptors (Lipinski definition) is 5. The summed E-state index contributed by atoms with van der Waals surface area (Å²) in [5.41, 5.74) is -0.125. The van der Waals surface area contributed by atoms with Crippen LogP contribution in [0.2, 0.25) is 5.02 Å². The highest BCUT2D eigenvalue weighted by Crippen LogP contribution is 2.29. The third-order valence-corrected chi connectivity index (χ3v) is 7.27. The summed E-state index contributed by atoms with van der Waals surface area (Å²) in [6.07, 6.45) is 1.65. The number of nitrogens with zero attached hydrogens (tertiary/aromatic N) is 3. The first-order valence-electron chi connectivity index (χ1n) is 11.9. The first kappa shape index (κ1) is 28.2. The topological polar surface area (TPSA) is 76.1 Å². The third kappa shape index (κ3) is 5.96. The summed E-state index contributed by atoms with van der Waals surface area (Å²) in [6, 6.07) is 11.6. The molecule has 0 radical (unpaired) electrons. The Kier molecular flexibility index (Phi) is 8.93. The molecule has 0 spiro atoms. The molecule has 2 N–H and O–H groups in total. The van der Waals surface area contributed by atoms with Gasteiger partial charge in [0.15, 0.2) is 5.60 Å². The maximum atomic E-state index is 13.6. The standard InChI is InChI=1S/C26H32ClFN4O3.H2S/c1-26(35,17-5-4-6-18(28)13-17)25(34)31-11-9-21(10-12-31)32-15-20(16-32)29-19-7-8-22(23(27)14-19)24(33)30(2)3;/h4-8,13-14,20-21,29,35H,9-12,15-16H2,1-3H3;1H2/t26-;/m0./s1. The van der Waals surface area contributed by atoms with E-state index in [1.165, 1.54) is 30.0 Å². The summed E-state index contributed by atoms with van der Waals surface area (Å²) >= 11 is 6.31. The van der Waals surface area contributed by atoms with Gasteiger partial charge in [0.25, 0.3) is 11.8 Å². The number of likely N-dealkylation sites (tertiary alicyclic amines) is 2. The Morgan fingerprint density at radius 1 is 1.14 bits per heavy atom. The van der Waals surface area contributed by atoms with Crippen LogP contribution in [0.25, 0.3) is 0 Å². The minimum absolute atomic E-state index is 0. The molecule has 0 saturated carbocycles. The van der Waals surface area contributed by atoms with E-state index in [4.69, 9.17) is 11.6 Å². The van der Waals surface area contributed by atoms with Gasteiger partial charge in [-0.25, -0.2) is 4.39 Å². The zero-order chi connectivity index (χ0) is 25.3. The van der Waals surface area contributed by atoms with E-state index in [1.807, 2.05) is 6.07 Å². The lowest BCUT2D eigenvalue weighted by atomic mass is 9.92. The minimum atomic E-state index is -1.76. The SMILES string of the molecule is CN(C)C(=O)c1ccc(NC2CN(C3CCN(C(=O)[C@@](C)(O)c4cccc(F)c4)CC3)C2)cc1Cl.S. The molecule has 0 unspecified atom stereocenters. The van der Waals surface area contributed by atoms with Crippen LogP contribution in [0.15, 0.2) is 42.5 Å². The molecule has 2 saturated heterocycles. The van der Waals surface area contributed by atoms with E-state index in [0.29, 0.717) is 29.7 Å². The Balaban J connectivity index is 0.00000361. The highest BCUT2D eigenvalue weighted by Gasteiger charge is 2.40. The van der Waals surface area contributed by atoms with Gasteiger partial charge < -0.3 is 20.2 Å². The van der Waals surface area contributed by atoms with E-state index >= 15 is 0 Å². The molecule has 2 aliphatic rings. The molecule has 1 atom stereocenters. The van der Waals surface area contributed by atoms with Crippen LogP contribution < -0.4 is 5.32 Å². The van der Waals surface area contributed by atoms with Gasteiger partial charge in [-0.3, -0.25) is 14.5 Å². The molecule has 2 amide bonds. The third-order valence-electron chi connectivity index (χ3n) is 6.96. The molecular weight excluding hydrogens is 503 g/mol. The molecule has 7 nitrogen and oxygen atoms in total. The summed E-state index contributed by atoms with van der Waals surface area (Å²) in [5.74, 6) is -0.994. The summed E-state index contributed by atoms with van der Waals surface area (Å²) in [4.78, 5) is 30.7. The minimum Gasteiger partial charge on any atom is -0.380 e. The second kappa shape index (κ2) is 11.4. The summed E-state index contributed by atoms with van der Waals surface area (Å²) in [7, 11) is 3.39. The number of carbonyl (C=O) groups is 2. The summed E-state index contributed by atoms with van der Waals surface area (Å²) in [5, 5.41) is 14.7. The van der Waals surface area contributed by atoms with E-state index in [-0.39, 0.29) is 31.0 Å². The molecule has 2 aromatic carbocycles. The van der Waals surface area contributed by atoms with Crippen molar-refractivity contribution in [3.63, 3.8) is 0 Å². The van der Waals surface area contributed by atoms with Crippen LogP contribution >= 0.6 is 25.1 Å². The maximum absolute atomic E-state index is 13.6. The number of benzene rings is 2. The zero-order valence-electron chi connectivity index (χ0n) is 20.8. The van der Waals surface area contributed by atoms with E-state index in [2.05, 4.69) is 10.2 Å². The second-order valence-electron chi connectivity index (χ2n) is 9.80. The molecule has 0 bridgehead atoms. The average molecular weight is 537 g/mol. The first-order valence-corrected chi connectivity index (χ1v) is 12.2. The first-order chi connectivity index (χ1) is 16.6. The van der Waals surface area contributed by atoms with E-state index in [9.17, 15) is 19.1 Å². The number of rotatable bonds is 6. The number of nitrogens with one attached hydrogen (secondary N) is 1. The van der Waals surface area contributed by atoms with Gasteiger partial charge in [-0.2, -0.15) is 13.5 Å². The summed E-state index contributed by atoms with van der Waals surface area (Å²) in [6.45, 7) is 4.31. The molecule has 0 aliphatic carbocycles. The lowest BCUT2D eigenvalue weighted by Gasteiger charge is -2.48. The van der Waals surface area contributed by atoms with Gasteiger partial charge in [-0.1, -0.05) is 23.7 Å². The van der Waals surface area contributed by atoms with Crippen LogP contribution in [0, 0.1) is 5.82 Å². The van der Waals surface area contributed by atoms with Crippen molar-refractivity contribution in [2.24, 2.45) is 0 Å². The fourth-order valence-corrected chi connectivity index (χ4v) is 5.08. The molecule has 4 rings (SSSR count). The maximum Gasteiger partial charge on any atom is 0.258 e. The Morgan fingerprint density at radius 3 is 2.39 bits per heavy atom. The van der Waals surface area contributed by atoms with Gasteiger partial charge in [0.2, 0.25) is 0 Å². The molecule has 0 aromatic heterocycles. The van der Waals surface area contributed by atoms with Crippen molar-refractivity contribution in [1.82, 2.24) is 14.7 Å². The van der Waals surface area contributed by atoms with Crippen molar-refractivity contribution < 1.29 is 19.1 Å². The predicted octanol–water partition coefficient (Wildman–Crippen LogP) is 3.29. The fraction of sp³-hybridized carbons (Fsp3) is 0.462. The molecule has 196 valence electrons. The number of anilines is 1. The lowest BCUT2D eigenvalue weighted by Crippen LogP contribution is -2.61. The molecule has 2 aliphatic heterocycles. The summed E-state index contributed by atoms with van der Waals surface area (Å²) < 4.78 is 13.6. The van der Waals surface area contributed by atoms with Crippen molar-refractivity contribution >= 4 is 42.6 Å². The Hall–Kier alpha value is -2.33. The lowest BCUT2D eigenvalue weighted by molar-refractivity contribution is -0.152. The van der Waals surface area contributed by atoms with Gasteiger partial charge in [0.05, 0.1) is 16.6 Å². The number of aliphatic hydroxyl groups is 1. The van der Waals surface area contributed by atoms with E-state index in [0.717, 1.165) is 31.6 Å². The van der Waals surface area contributed by atoms with E-state index in [1.54, 1.807) is 37.2 Å². The van der Waals surface area contributed by atoms with E-state index < -0.39 is 17.3 Å². The Bertz CT molecular complexity index is 1100. The van der Waals surface area contributed by atoms with Crippen LogP contribution in [0.1, 0.15) is 35.7 Å². The Morgan fingerprint density at radius 2 is 1.81 bits per heavy atom. The highest BCUT2D eigenvalue weighted by atomic mass is 35.5.